The lowest BCUT2D eigenvalue weighted by molar-refractivity contribution is -0.444. The highest BCUT2D eigenvalue weighted by Crippen LogP contribution is 2.79. The van der Waals surface area contributed by atoms with E-state index < -0.39 is 115 Å². The van der Waals surface area contributed by atoms with Gasteiger partial charge >= 0.3 is 90.3 Å². The minimum Gasteiger partial charge on any atom is -0.336 e. The first-order valence-corrected chi connectivity index (χ1v) is 13.0. The molecule has 2 unspecified atom stereocenters. The van der Waals surface area contributed by atoms with Crippen molar-refractivity contribution in [3.8, 4) is 0 Å². The fraction of sp³-hybridized carbons (Fsp3) is 1.00. The van der Waals surface area contributed by atoms with Crippen LogP contribution in [0.15, 0.2) is 0 Å². The van der Waals surface area contributed by atoms with E-state index in [1.165, 1.54) is 0 Å². The third kappa shape index (κ3) is 5.70. The van der Waals surface area contributed by atoms with Crippen LogP contribution < -0.4 is 0 Å². The fourth-order valence-electron chi connectivity index (χ4n) is 3.06. The molecule has 0 radical (unpaired) electrons. The van der Waals surface area contributed by atoms with E-state index in [1.54, 1.807) is 0 Å². The number of rotatable bonds is 14. The molecule has 0 aromatic carbocycles. The van der Waals surface area contributed by atoms with Gasteiger partial charge in [0.25, 0.3) is 11.3 Å². The van der Waals surface area contributed by atoms with Crippen molar-refractivity contribution in [3.63, 3.8) is 0 Å². The Hall–Kier alpha value is -2.05. The van der Waals surface area contributed by atoms with Gasteiger partial charge in [0.2, 0.25) is 0 Å². The molecule has 0 saturated heterocycles. The monoisotopic (exact) mass is 894 g/mol. The molecule has 0 spiro atoms. The van der Waals surface area contributed by atoms with Crippen LogP contribution in [0.4, 0.5) is 140 Å². The van der Waals surface area contributed by atoms with Crippen LogP contribution in [0.5, 0.6) is 0 Å². The molecule has 0 saturated carbocycles. The van der Waals surface area contributed by atoms with Crippen LogP contribution in [0.2, 0.25) is 0 Å². The number of hydrogen-bond donors (Lipinski definition) is 1. The number of hydrogen-bond acceptors (Lipinski definition) is 1. The molecule has 0 aliphatic heterocycles. The Morgan fingerprint density at radius 2 is 0.415 bits per heavy atom. The molecule has 53 heavy (non-hydrogen) atoms. The molecule has 0 amide bonds. The molecule has 35 heteroatoms. The molecule has 0 fully saturated rings. The van der Waals surface area contributed by atoms with Crippen LogP contribution in [0.25, 0.3) is 0 Å². The van der Waals surface area contributed by atoms with Crippen LogP contribution in [0, 0.1) is 0 Å². The summed E-state index contributed by atoms with van der Waals surface area (Å²) in [7, 11) is -11.1. The quantitative estimate of drug-likeness (QED) is 0.139. The zero-order valence-corrected chi connectivity index (χ0v) is 24.3. The van der Waals surface area contributed by atoms with Crippen molar-refractivity contribution in [2.45, 2.75) is 108 Å². The fourth-order valence-corrected chi connectivity index (χ4v) is 4.46. The molecule has 2 atom stereocenters. The highest BCUT2D eigenvalue weighted by Gasteiger charge is 3.00. The lowest BCUT2D eigenvalue weighted by Crippen LogP contribution is -2.76. The minimum atomic E-state index is -11.1. The van der Waals surface area contributed by atoms with Gasteiger partial charge in [-0.3, -0.25) is 4.57 Å². The average Bonchev–Trinajstić information content (AvgIpc) is 2.89. The number of halogens is 32. The lowest BCUT2D eigenvalue weighted by atomic mass is 9.86. The lowest BCUT2D eigenvalue weighted by Gasteiger charge is -2.46. The summed E-state index contributed by atoms with van der Waals surface area (Å²) in [5, 5.41) is 0. The second-order valence-corrected chi connectivity index (χ2v) is 12.7. The van der Waals surface area contributed by atoms with E-state index in [9.17, 15) is 145 Å². The van der Waals surface area contributed by atoms with Gasteiger partial charge in [0.05, 0.1) is 0 Å². The molecule has 0 aliphatic carbocycles. The SMILES string of the molecule is CC(F)(C(F)(F)F)C(F)(F)C(F)(F)C(F)(F)C(F)(F)C(F)(F)C(F)(F)P(=O)(O)C(F)(F)C(F)(F)C(F)(F)C(F)(F)C(F)(F)C(F)(F)C(C)(F)C(F)(F)F. The summed E-state index contributed by atoms with van der Waals surface area (Å²) in [6.07, 6.45) is -15.4. The molecule has 2 nitrogen and oxygen atoms in total. The maximum Gasteiger partial charge on any atom is 0.428 e. The molecule has 0 aromatic rings. The van der Waals surface area contributed by atoms with Crippen molar-refractivity contribution < 1.29 is 150 Å². The Balaban J connectivity index is 7.80. The predicted octanol–water partition coefficient (Wildman–Crippen LogP) is 11.4. The summed E-state index contributed by atoms with van der Waals surface area (Å²) in [5.74, 6) is -94.6. The predicted molar refractivity (Wildman–Crippen MR) is 100 cm³/mol. The molecule has 0 bridgehead atoms. The second-order valence-electron chi connectivity index (χ2n) is 10.4. The van der Waals surface area contributed by atoms with Gasteiger partial charge < -0.3 is 4.89 Å². The van der Waals surface area contributed by atoms with Crippen LogP contribution >= 0.6 is 7.37 Å². The van der Waals surface area contributed by atoms with Crippen LogP contribution in [-0.4, -0.2) is 99.1 Å². The molecule has 320 valence electrons. The average molecular weight is 894 g/mol. The van der Waals surface area contributed by atoms with Crippen molar-refractivity contribution in [2.24, 2.45) is 0 Å². The normalized spacial score (nSPS) is 20.1. The van der Waals surface area contributed by atoms with Crippen molar-refractivity contribution in [3.05, 3.63) is 0 Å². The van der Waals surface area contributed by atoms with Crippen molar-refractivity contribution in [2.75, 3.05) is 0 Å². The molecule has 0 aromatic heterocycles. The maximum atomic E-state index is 14.1. The van der Waals surface area contributed by atoms with Gasteiger partial charge in [-0.2, -0.15) is 132 Å². The third-order valence-corrected chi connectivity index (χ3v) is 9.00. The minimum absolute atomic E-state index is 1.99. The van der Waals surface area contributed by atoms with Crippen molar-refractivity contribution in [1.29, 1.82) is 0 Å². The first-order valence-electron chi connectivity index (χ1n) is 11.4. The van der Waals surface area contributed by atoms with E-state index in [2.05, 4.69) is 0 Å². The summed E-state index contributed by atoms with van der Waals surface area (Å²) in [5.41, 5.74) is -34.3. The van der Waals surface area contributed by atoms with Crippen molar-refractivity contribution in [1.82, 2.24) is 0 Å². The summed E-state index contributed by atoms with van der Waals surface area (Å²) >= 11 is 0. The van der Waals surface area contributed by atoms with Gasteiger partial charge in [0.1, 0.15) is 0 Å². The van der Waals surface area contributed by atoms with Crippen LogP contribution in [0.3, 0.4) is 0 Å². The summed E-state index contributed by atoms with van der Waals surface area (Å²) in [6, 6.07) is 0. The van der Waals surface area contributed by atoms with E-state index in [-0.39, 0.29) is 0 Å². The highest BCUT2D eigenvalue weighted by molar-refractivity contribution is 7.60. The van der Waals surface area contributed by atoms with Gasteiger partial charge in [-0.15, -0.1) is 0 Å². The van der Waals surface area contributed by atoms with Gasteiger partial charge in [-0.05, 0) is 13.8 Å². The topological polar surface area (TPSA) is 37.3 Å². The van der Waals surface area contributed by atoms with Gasteiger partial charge in [-0.1, -0.05) is 0 Å². The first-order chi connectivity index (χ1) is 22.0. The Labute approximate surface area is 266 Å². The maximum absolute atomic E-state index is 14.1. The Morgan fingerprint density at radius 3 is 0.566 bits per heavy atom. The van der Waals surface area contributed by atoms with E-state index in [1.807, 2.05) is 0 Å². The second kappa shape index (κ2) is 12.0. The van der Waals surface area contributed by atoms with Crippen LogP contribution in [0.1, 0.15) is 13.8 Å². The Bertz CT molecular complexity index is 1310. The van der Waals surface area contributed by atoms with E-state index in [0.717, 1.165) is 0 Å². The molecule has 0 rings (SSSR count). The Morgan fingerprint density at radius 1 is 0.283 bits per heavy atom. The largest absolute Gasteiger partial charge is 0.428 e. The van der Waals surface area contributed by atoms with E-state index >= 15 is 0 Å². The molecule has 1 N–H and O–H groups in total. The molecule has 0 aliphatic rings. The molecular formula is C18H7F32O2P. The zero-order chi connectivity index (χ0) is 44.5. The first kappa shape index (κ1) is 50.9. The van der Waals surface area contributed by atoms with Gasteiger partial charge in [0, 0.05) is 0 Å². The van der Waals surface area contributed by atoms with Gasteiger partial charge in [0.15, 0.2) is 0 Å². The smallest absolute Gasteiger partial charge is 0.336 e. The zero-order valence-electron chi connectivity index (χ0n) is 23.4. The summed E-state index contributed by atoms with van der Waals surface area (Å²) in [4.78, 5) is 8.55. The van der Waals surface area contributed by atoms with E-state index in [0.29, 0.717) is 0 Å². The highest BCUT2D eigenvalue weighted by atomic mass is 31.2. The molecule has 0 heterocycles. The summed E-state index contributed by atoms with van der Waals surface area (Å²) in [6.45, 7) is -3.97. The van der Waals surface area contributed by atoms with Crippen LogP contribution in [-0.2, 0) is 4.57 Å². The Kier molecular flexibility index (Phi) is 11.5. The van der Waals surface area contributed by atoms with E-state index in [4.69, 9.17) is 4.89 Å². The third-order valence-electron chi connectivity index (χ3n) is 6.92. The molecular weight excluding hydrogens is 887 g/mol. The van der Waals surface area contributed by atoms with Gasteiger partial charge in [-0.25, -0.2) is 8.78 Å². The number of alkyl halides is 32. The van der Waals surface area contributed by atoms with Crippen molar-refractivity contribution >= 4 is 7.37 Å². The standard InChI is InChI=1S/C18H7F32O2P/c1-3(19,15(41,42)43)5(21,22)7(25,26)9(29,30)11(33,34)13(37,38)17(47,48)53(51,52)18(49,50)14(39,40)12(35,36)10(31,32)8(27,28)6(23,24)4(2,20)16(44,45)46/h1-2H3,(H,51,52). The summed E-state index contributed by atoms with van der Waals surface area (Å²) < 4.78 is 445.